The predicted octanol–water partition coefficient (Wildman–Crippen LogP) is 1.47. The highest BCUT2D eigenvalue weighted by Crippen LogP contribution is 2.21. The fourth-order valence-corrected chi connectivity index (χ4v) is 3.15. The van der Waals surface area contributed by atoms with E-state index >= 15 is 0 Å². The van der Waals surface area contributed by atoms with Crippen LogP contribution in [0.3, 0.4) is 0 Å². The van der Waals surface area contributed by atoms with Gasteiger partial charge in [-0.15, -0.1) is 0 Å². The quantitative estimate of drug-likeness (QED) is 0.580. The summed E-state index contributed by atoms with van der Waals surface area (Å²) in [6, 6.07) is 8.25. The van der Waals surface area contributed by atoms with Crippen LogP contribution in [0.15, 0.2) is 30.6 Å². The Morgan fingerprint density at radius 2 is 1.79 bits per heavy atom. The molecule has 3 rings (SSSR count). The van der Waals surface area contributed by atoms with Crippen molar-refractivity contribution >= 4 is 28.9 Å². The lowest BCUT2D eigenvalue weighted by atomic mass is 9.96. The van der Waals surface area contributed by atoms with Crippen molar-refractivity contribution in [1.82, 2.24) is 14.5 Å². The highest BCUT2D eigenvalue weighted by Gasteiger charge is 2.21. The summed E-state index contributed by atoms with van der Waals surface area (Å²) in [5.74, 6) is -3.11. The number of piperidine rings is 1. The highest BCUT2D eigenvalue weighted by atomic mass is 16.5. The minimum atomic E-state index is -1.82. The summed E-state index contributed by atoms with van der Waals surface area (Å²) in [5.41, 5.74) is 2.26. The van der Waals surface area contributed by atoms with E-state index in [0.717, 1.165) is 38.0 Å². The molecule has 28 heavy (non-hydrogen) atoms. The Balaban J connectivity index is 0.000000409. The Hall–Kier alpha value is -2.94. The summed E-state index contributed by atoms with van der Waals surface area (Å²) in [7, 11) is 0. The minimum absolute atomic E-state index is 0.110. The lowest BCUT2D eigenvalue weighted by Gasteiger charge is -2.31. The van der Waals surface area contributed by atoms with Crippen molar-refractivity contribution in [2.75, 3.05) is 26.2 Å². The van der Waals surface area contributed by atoms with E-state index in [4.69, 9.17) is 24.5 Å². The maximum absolute atomic E-state index is 11.5. The Bertz CT molecular complexity index is 799. The van der Waals surface area contributed by atoms with Gasteiger partial charge in [0.15, 0.2) is 0 Å². The molecular weight excluding hydrogens is 366 g/mol. The molecule has 2 N–H and O–H groups in total. The molecule has 1 aliphatic rings. The fraction of sp³-hybridized carbons (Fsp3) is 0.474. The summed E-state index contributed by atoms with van der Waals surface area (Å²) in [4.78, 5) is 36.4. The zero-order valence-corrected chi connectivity index (χ0v) is 15.8. The molecule has 0 aliphatic carbocycles. The van der Waals surface area contributed by atoms with Gasteiger partial charge in [0.2, 0.25) is 0 Å². The van der Waals surface area contributed by atoms with Crippen molar-refractivity contribution in [1.29, 1.82) is 0 Å². The fourth-order valence-electron chi connectivity index (χ4n) is 3.15. The number of benzene rings is 1. The number of carboxylic acids is 2. The Morgan fingerprint density at radius 1 is 1.14 bits per heavy atom. The topological polar surface area (TPSA) is 122 Å². The molecule has 1 aliphatic heterocycles. The molecule has 1 saturated heterocycles. The van der Waals surface area contributed by atoms with Crippen molar-refractivity contribution in [2.24, 2.45) is 5.92 Å². The largest absolute Gasteiger partial charge is 0.473 e. The molecule has 0 saturated carbocycles. The van der Waals surface area contributed by atoms with Crippen LogP contribution >= 0.6 is 0 Å². The number of hydrogen-bond acceptors (Lipinski definition) is 6. The number of aliphatic carboxylic acids is 2. The monoisotopic (exact) mass is 391 g/mol. The molecule has 9 nitrogen and oxygen atoms in total. The first-order valence-corrected chi connectivity index (χ1v) is 9.14. The van der Waals surface area contributed by atoms with Crippen LogP contribution in [0.5, 0.6) is 0 Å². The molecule has 2 heterocycles. The standard InChI is InChI=1S/C17H23N3O2.C2H2O4/c1-2-22-17(21)12-19-9-7-14(8-10-19)11-20-13-18-15-5-3-4-6-16(15)20;3-1(4)2(5)6/h3-6,13-14H,2,7-12H2,1H3;(H,3,4)(H,5,6). The third-order valence-corrected chi connectivity index (χ3v) is 4.53. The SMILES string of the molecule is CCOC(=O)CN1CCC(Cn2cnc3ccccc32)CC1.O=C(O)C(=O)O. The van der Waals surface area contributed by atoms with Gasteiger partial charge in [-0.05, 0) is 50.9 Å². The number of ether oxygens (including phenoxy) is 1. The van der Waals surface area contributed by atoms with Crippen molar-refractivity contribution in [2.45, 2.75) is 26.3 Å². The lowest BCUT2D eigenvalue weighted by molar-refractivity contribution is -0.159. The molecule has 1 fully saturated rings. The van der Waals surface area contributed by atoms with Crippen molar-refractivity contribution in [3.63, 3.8) is 0 Å². The van der Waals surface area contributed by atoms with Crippen LogP contribution in [-0.2, 0) is 25.7 Å². The average molecular weight is 391 g/mol. The van der Waals surface area contributed by atoms with E-state index in [-0.39, 0.29) is 5.97 Å². The molecule has 0 atom stereocenters. The lowest BCUT2D eigenvalue weighted by Crippen LogP contribution is -2.38. The first-order chi connectivity index (χ1) is 13.4. The smallest absolute Gasteiger partial charge is 0.414 e. The molecule has 1 aromatic carbocycles. The second-order valence-corrected chi connectivity index (χ2v) is 6.52. The molecule has 1 aromatic heterocycles. The van der Waals surface area contributed by atoms with Gasteiger partial charge in [-0.2, -0.15) is 0 Å². The van der Waals surface area contributed by atoms with Crippen molar-refractivity contribution in [3.05, 3.63) is 30.6 Å². The van der Waals surface area contributed by atoms with E-state index in [9.17, 15) is 4.79 Å². The molecule has 0 radical (unpaired) electrons. The van der Waals surface area contributed by atoms with Crippen LogP contribution in [0.4, 0.5) is 0 Å². The van der Waals surface area contributed by atoms with Gasteiger partial charge in [-0.25, -0.2) is 14.6 Å². The third kappa shape index (κ3) is 6.34. The molecule has 2 aromatic rings. The number of aromatic nitrogens is 2. The van der Waals surface area contributed by atoms with Crippen LogP contribution < -0.4 is 0 Å². The first kappa shape index (κ1) is 21.4. The number of fused-ring (bicyclic) bond motifs is 1. The number of carboxylic acid groups (broad SMARTS) is 2. The van der Waals surface area contributed by atoms with Gasteiger partial charge in [0.05, 0.1) is 30.5 Å². The molecule has 0 spiro atoms. The van der Waals surface area contributed by atoms with E-state index in [0.29, 0.717) is 19.1 Å². The second kappa shape index (κ2) is 10.4. The van der Waals surface area contributed by atoms with Crippen LogP contribution in [0.2, 0.25) is 0 Å². The van der Waals surface area contributed by atoms with E-state index in [1.54, 1.807) is 0 Å². The number of hydrogen-bond donors (Lipinski definition) is 2. The Kier molecular flexibility index (Phi) is 7.94. The van der Waals surface area contributed by atoms with Gasteiger partial charge in [0.25, 0.3) is 0 Å². The third-order valence-electron chi connectivity index (χ3n) is 4.53. The minimum Gasteiger partial charge on any atom is -0.473 e. The second-order valence-electron chi connectivity index (χ2n) is 6.52. The van der Waals surface area contributed by atoms with Gasteiger partial charge in [0, 0.05) is 6.54 Å². The van der Waals surface area contributed by atoms with Gasteiger partial charge >= 0.3 is 17.9 Å². The van der Waals surface area contributed by atoms with Gasteiger partial charge in [-0.3, -0.25) is 9.69 Å². The number of imidazole rings is 1. The van der Waals surface area contributed by atoms with E-state index < -0.39 is 11.9 Å². The van der Waals surface area contributed by atoms with Crippen LogP contribution in [0.1, 0.15) is 19.8 Å². The number of carbonyl (C=O) groups excluding carboxylic acids is 1. The maximum Gasteiger partial charge on any atom is 0.414 e. The van der Waals surface area contributed by atoms with Crippen LogP contribution in [0.25, 0.3) is 11.0 Å². The molecule has 9 heteroatoms. The number of carbonyl (C=O) groups is 3. The number of likely N-dealkylation sites (tertiary alicyclic amines) is 1. The number of para-hydroxylation sites is 2. The molecule has 0 unspecified atom stereocenters. The summed E-state index contributed by atoms with van der Waals surface area (Å²) in [5, 5.41) is 14.8. The van der Waals surface area contributed by atoms with Crippen LogP contribution in [-0.4, -0.2) is 68.8 Å². The molecular formula is C19H25N3O6. The molecule has 0 bridgehead atoms. The van der Waals surface area contributed by atoms with Gasteiger partial charge < -0.3 is 19.5 Å². The van der Waals surface area contributed by atoms with Crippen molar-refractivity contribution < 1.29 is 29.3 Å². The number of esters is 1. The van der Waals surface area contributed by atoms with E-state index in [2.05, 4.69) is 26.6 Å². The first-order valence-electron chi connectivity index (χ1n) is 9.14. The summed E-state index contributed by atoms with van der Waals surface area (Å²) in [6.45, 7) is 5.68. The Labute approximate surface area is 162 Å². The normalized spacial score (nSPS) is 14.9. The number of rotatable bonds is 5. The van der Waals surface area contributed by atoms with Gasteiger partial charge in [0.1, 0.15) is 0 Å². The van der Waals surface area contributed by atoms with E-state index in [1.165, 1.54) is 5.52 Å². The number of nitrogens with zero attached hydrogens (tertiary/aromatic N) is 3. The zero-order chi connectivity index (χ0) is 20.5. The highest BCUT2D eigenvalue weighted by molar-refractivity contribution is 6.27. The summed E-state index contributed by atoms with van der Waals surface area (Å²) >= 11 is 0. The maximum atomic E-state index is 11.5. The molecule has 152 valence electrons. The van der Waals surface area contributed by atoms with Gasteiger partial charge in [-0.1, -0.05) is 12.1 Å². The Morgan fingerprint density at radius 3 is 2.39 bits per heavy atom. The zero-order valence-electron chi connectivity index (χ0n) is 15.8. The summed E-state index contributed by atoms with van der Waals surface area (Å²) in [6.07, 6.45) is 4.17. The van der Waals surface area contributed by atoms with Crippen LogP contribution in [0, 0.1) is 5.92 Å². The van der Waals surface area contributed by atoms with E-state index in [1.807, 2.05) is 25.4 Å². The van der Waals surface area contributed by atoms with Crippen molar-refractivity contribution in [3.8, 4) is 0 Å². The average Bonchev–Trinajstić information content (AvgIpc) is 3.07. The molecule has 0 amide bonds. The summed E-state index contributed by atoms with van der Waals surface area (Å²) < 4.78 is 7.26. The predicted molar refractivity (Wildman–Crippen MR) is 101 cm³/mol.